The molecule has 0 bridgehead atoms. The Kier molecular flexibility index (Phi) is 4.79. The number of fused-ring (bicyclic) bond motifs is 1. The largest absolute Gasteiger partial charge is 0.299 e. The average Bonchev–Trinajstić information content (AvgIpc) is 3.19. The third-order valence-corrected chi connectivity index (χ3v) is 8.59. The lowest BCUT2D eigenvalue weighted by Gasteiger charge is -2.27. The van der Waals surface area contributed by atoms with Crippen LogP contribution in [0.1, 0.15) is 32.1 Å². The van der Waals surface area contributed by atoms with Crippen LogP contribution in [-0.2, 0) is 20.8 Å². The van der Waals surface area contributed by atoms with E-state index in [0.717, 1.165) is 19.5 Å². The van der Waals surface area contributed by atoms with Gasteiger partial charge < -0.3 is 0 Å². The molecule has 136 valence electrons. The summed E-state index contributed by atoms with van der Waals surface area (Å²) in [6.45, 7) is 2.75. The van der Waals surface area contributed by atoms with E-state index in [1.807, 2.05) is 0 Å². The van der Waals surface area contributed by atoms with Crippen molar-refractivity contribution in [3.63, 3.8) is 0 Å². The van der Waals surface area contributed by atoms with Gasteiger partial charge in [-0.15, -0.1) is 0 Å². The lowest BCUT2D eigenvalue weighted by molar-refractivity contribution is 0.209. The van der Waals surface area contributed by atoms with Crippen LogP contribution in [0.3, 0.4) is 0 Å². The Bertz CT molecular complexity index is 816. The first-order valence-electron chi connectivity index (χ1n) is 8.89. The number of rotatable bonds is 3. The second-order valence-corrected chi connectivity index (χ2v) is 9.99. The van der Waals surface area contributed by atoms with E-state index >= 15 is 0 Å². The number of hydrogen-bond donors (Lipinski definition) is 0. The molecule has 1 atom stereocenters. The molecule has 2 aliphatic heterocycles. The Morgan fingerprint density at radius 2 is 1.84 bits per heavy atom. The summed E-state index contributed by atoms with van der Waals surface area (Å²) in [4.78, 5) is 7.00. The molecule has 2 heterocycles. The summed E-state index contributed by atoms with van der Waals surface area (Å²) < 4.78 is 40.1. The smallest absolute Gasteiger partial charge is 0.244 e. The molecule has 25 heavy (non-hydrogen) atoms. The van der Waals surface area contributed by atoms with E-state index in [1.165, 1.54) is 31.2 Å². The van der Waals surface area contributed by atoms with Gasteiger partial charge in [0.2, 0.25) is 10.0 Å². The second kappa shape index (κ2) is 6.90. The van der Waals surface area contributed by atoms with Gasteiger partial charge in [-0.05, 0) is 37.9 Å². The summed E-state index contributed by atoms with van der Waals surface area (Å²) in [5, 5.41) is 0. The van der Waals surface area contributed by atoms with Gasteiger partial charge >= 0.3 is 0 Å². The van der Waals surface area contributed by atoms with Gasteiger partial charge in [0.25, 0.3) is 0 Å². The quantitative estimate of drug-likeness (QED) is 0.804. The van der Waals surface area contributed by atoms with Crippen LogP contribution in [-0.4, -0.2) is 59.6 Å². The van der Waals surface area contributed by atoms with Gasteiger partial charge in [-0.25, -0.2) is 17.6 Å². The Hall–Kier alpha value is -1.09. The first kappa shape index (κ1) is 17.3. The molecule has 1 aliphatic carbocycles. The molecule has 1 saturated heterocycles. The summed E-state index contributed by atoms with van der Waals surface area (Å²) in [6, 6.07) is 5.55. The minimum atomic E-state index is -3.66. The predicted octanol–water partition coefficient (Wildman–Crippen LogP) is 2.11. The summed E-state index contributed by atoms with van der Waals surface area (Å²) >= 11 is 0. The highest BCUT2D eigenvalue weighted by atomic mass is 32.2. The third-order valence-electron chi connectivity index (χ3n) is 5.40. The van der Waals surface area contributed by atoms with Gasteiger partial charge in [-0.3, -0.25) is 4.90 Å². The molecule has 1 saturated carbocycles. The number of nitrogens with zero attached hydrogens (tertiary/aromatic N) is 3. The zero-order valence-corrected chi connectivity index (χ0v) is 15.8. The van der Waals surface area contributed by atoms with E-state index in [0.29, 0.717) is 29.7 Å². The molecule has 0 aromatic heterocycles. The molecule has 0 spiro atoms. The molecule has 1 aromatic carbocycles. The van der Waals surface area contributed by atoms with Crippen molar-refractivity contribution >= 4 is 32.1 Å². The number of aliphatic imine (C=N–C) groups is 1. The van der Waals surface area contributed by atoms with E-state index in [9.17, 15) is 12.6 Å². The lowest BCUT2D eigenvalue weighted by Crippen LogP contribution is -2.38. The van der Waals surface area contributed by atoms with Gasteiger partial charge in [-0.1, -0.05) is 18.9 Å². The first-order chi connectivity index (χ1) is 12.1. The minimum absolute atomic E-state index is 0.148. The van der Waals surface area contributed by atoms with Gasteiger partial charge in [0.1, 0.15) is 4.90 Å². The Balaban J connectivity index is 1.57. The highest BCUT2D eigenvalue weighted by molar-refractivity contribution is 7.99. The van der Waals surface area contributed by atoms with Crippen molar-refractivity contribution in [3.05, 3.63) is 18.2 Å². The van der Waals surface area contributed by atoms with Crippen molar-refractivity contribution in [2.24, 2.45) is 4.99 Å². The van der Waals surface area contributed by atoms with Crippen molar-refractivity contribution in [2.75, 3.05) is 26.2 Å². The molecular weight excluding hydrogens is 358 g/mol. The molecule has 4 rings (SSSR count). The zero-order chi connectivity index (χ0) is 17.4. The third kappa shape index (κ3) is 3.20. The average molecular weight is 382 g/mol. The predicted molar refractivity (Wildman–Crippen MR) is 98.2 cm³/mol. The van der Waals surface area contributed by atoms with Crippen LogP contribution < -0.4 is 0 Å². The van der Waals surface area contributed by atoms with Crippen molar-refractivity contribution in [3.8, 4) is 0 Å². The van der Waals surface area contributed by atoms with E-state index in [2.05, 4.69) is 9.89 Å². The fourth-order valence-electron chi connectivity index (χ4n) is 4.10. The van der Waals surface area contributed by atoms with Crippen LogP contribution in [0, 0.1) is 0 Å². The topological polar surface area (TPSA) is 70.0 Å². The molecule has 8 heteroatoms. The van der Waals surface area contributed by atoms with Gasteiger partial charge in [0, 0.05) is 25.7 Å². The Morgan fingerprint density at radius 3 is 2.64 bits per heavy atom. The van der Waals surface area contributed by atoms with Crippen LogP contribution in [0.2, 0.25) is 0 Å². The maximum Gasteiger partial charge on any atom is 0.244 e. The molecule has 0 radical (unpaired) electrons. The van der Waals surface area contributed by atoms with Gasteiger partial charge in [0.05, 0.1) is 26.9 Å². The highest BCUT2D eigenvalue weighted by Crippen LogP contribution is 2.35. The standard InChI is InChI=1S/C17H23N3O3S2/c21-24-13-18-15-7-3-8-16(17(15)24)25(22,23)20-10-4-9-19(11-12-20)14-5-1-2-6-14/h3,7-8,13-14H,1-2,4-6,9-12H2. The first-order valence-corrected chi connectivity index (χ1v) is 11.5. The molecule has 2 fully saturated rings. The normalized spacial score (nSPS) is 26.0. The van der Waals surface area contributed by atoms with Crippen molar-refractivity contribution in [1.29, 1.82) is 0 Å². The molecule has 1 aromatic rings. The summed E-state index contributed by atoms with van der Waals surface area (Å²) in [5.74, 6) is 0. The Morgan fingerprint density at radius 1 is 1.04 bits per heavy atom. The second-order valence-electron chi connectivity index (χ2n) is 6.87. The maximum atomic E-state index is 13.2. The summed E-state index contributed by atoms with van der Waals surface area (Å²) in [5.41, 5.74) is 1.82. The number of hydrogen-bond acceptors (Lipinski definition) is 5. The van der Waals surface area contributed by atoms with E-state index < -0.39 is 20.8 Å². The van der Waals surface area contributed by atoms with Crippen molar-refractivity contribution in [2.45, 2.75) is 47.9 Å². The Labute approximate surface area is 151 Å². The molecular formula is C17H23N3O3S2. The summed E-state index contributed by atoms with van der Waals surface area (Å²) in [7, 11) is -5.14. The zero-order valence-electron chi connectivity index (χ0n) is 14.1. The van der Waals surface area contributed by atoms with Crippen LogP contribution in [0.25, 0.3) is 0 Å². The lowest BCUT2D eigenvalue weighted by atomic mass is 10.2. The monoisotopic (exact) mass is 381 g/mol. The highest BCUT2D eigenvalue weighted by Gasteiger charge is 2.33. The van der Waals surface area contributed by atoms with Crippen LogP contribution in [0.5, 0.6) is 0 Å². The van der Waals surface area contributed by atoms with Crippen LogP contribution >= 0.6 is 0 Å². The minimum Gasteiger partial charge on any atom is -0.299 e. The fraction of sp³-hybridized carbons (Fsp3) is 0.588. The van der Waals surface area contributed by atoms with Gasteiger partial charge in [-0.2, -0.15) is 4.31 Å². The van der Waals surface area contributed by atoms with E-state index in [-0.39, 0.29) is 4.90 Å². The van der Waals surface area contributed by atoms with Crippen molar-refractivity contribution in [1.82, 2.24) is 9.21 Å². The van der Waals surface area contributed by atoms with E-state index in [4.69, 9.17) is 0 Å². The van der Waals surface area contributed by atoms with E-state index in [1.54, 1.807) is 22.5 Å². The van der Waals surface area contributed by atoms with Gasteiger partial charge in [0.15, 0.2) is 0 Å². The van der Waals surface area contributed by atoms with Crippen LogP contribution in [0.15, 0.2) is 33.0 Å². The maximum absolute atomic E-state index is 13.2. The fourth-order valence-corrected chi connectivity index (χ4v) is 7.13. The van der Waals surface area contributed by atoms with Crippen molar-refractivity contribution < 1.29 is 12.6 Å². The molecule has 6 nitrogen and oxygen atoms in total. The molecule has 3 aliphatic rings. The number of sulfonamides is 1. The van der Waals surface area contributed by atoms with Crippen LogP contribution in [0.4, 0.5) is 5.69 Å². The number of benzene rings is 1. The SMILES string of the molecule is O=S1C=Nc2cccc(S(=O)(=O)N3CCCN(C4CCCC4)CC3)c21. The molecule has 1 unspecified atom stereocenters. The summed E-state index contributed by atoms with van der Waals surface area (Å²) in [6.07, 6.45) is 5.87. The molecule has 0 N–H and O–H groups in total. The molecule has 0 amide bonds.